The molecule has 0 unspecified atom stereocenters. The number of hydrogen-bond donors (Lipinski definition) is 1. The zero-order valence-corrected chi connectivity index (χ0v) is 18.3. The first kappa shape index (κ1) is 20.8. The number of esters is 1. The average molecular weight is 440 g/mol. The number of carbonyl (C=O) groups is 2. The van der Waals surface area contributed by atoms with Gasteiger partial charge in [-0.1, -0.05) is 30.3 Å². The quantitative estimate of drug-likeness (QED) is 0.478. The van der Waals surface area contributed by atoms with Crippen LogP contribution in [0.5, 0.6) is 5.75 Å². The van der Waals surface area contributed by atoms with Gasteiger partial charge < -0.3 is 19.3 Å². The van der Waals surface area contributed by atoms with E-state index in [1.165, 1.54) is 30.2 Å². The minimum atomic E-state index is -0.353. The second-order valence-electron chi connectivity index (χ2n) is 8.24. The van der Waals surface area contributed by atoms with Crippen LogP contribution in [0.3, 0.4) is 0 Å². The fourth-order valence-corrected chi connectivity index (χ4v) is 4.58. The summed E-state index contributed by atoms with van der Waals surface area (Å²) >= 11 is 0. The molecule has 1 N–H and O–H groups in total. The van der Waals surface area contributed by atoms with Gasteiger partial charge >= 0.3 is 5.97 Å². The van der Waals surface area contributed by atoms with Crippen molar-refractivity contribution in [1.82, 2.24) is 9.47 Å². The molecule has 3 aromatic carbocycles. The number of phenolic OH excluding ortho intramolecular Hbond substituents is 1. The van der Waals surface area contributed by atoms with Crippen molar-refractivity contribution in [3.63, 3.8) is 0 Å². The molecule has 0 spiro atoms. The van der Waals surface area contributed by atoms with E-state index in [-0.39, 0.29) is 17.6 Å². The number of carbonyl (C=O) groups excluding carboxylic acids is 2. The van der Waals surface area contributed by atoms with Gasteiger partial charge in [-0.3, -0.25) is 4.79 Å². The molecule has 0 saturated carbocycles. The van der Waals surface area contributed by atoms with Gasteiger partial charge in [-0.25, -0.2) is 4.79 Å². The highest BCUT2D eigenvalue weighted by atomic mass is 16.5. The number of benzene rings is 3. The summed E-state index contributed by atoms with van der Waals surface area (Å²) in [6.07, 6.45) is 0.786. The maximum atomic E-state index is 13.1. The molecular formula is C27H24N2O4. The summed E-state index contributed by atoms with van der Waals surface area (Å²) in [5, 5.41) is 10.8. The normalized spacial score (nSPS) is 13.1. The van der Waals surface area contributed by atoms with Gasteiger partial charge in [0.1, 0.15) is 5.75 Å². The van der Waals surface area contributed by atoms with Crippen molar-refractivity contribution in [2.45, 2.75) is 19.5 Å². The molecule has 0 atom stereocenters. The Morgan fingerprint density at radius 1 is 0.939 bits per heavy atom. The van der Waals surface area contributed by atoms with E-state index in [1.807, 2.05) is 29.2 Å². The molecule has 0 bridgehead atoms. The molecule has 6 nitrogen and oxygen atoms in total. The first-order valence-corrected chi connectivity index (χ1v) is 10.9. The highest BCUT2D eigenvalue weighted by Gasteiger charge is 2.27. The van der Waals surface area contributed by atoms with Crippen LogP contribution in [0.1, 0.15) is 37.5 Å². The summed E-state index contributed by atoms with van der Waals surface area (Å²) in [5.74, 6) is -0.251. The summed E-state index contributed by atoms with van der Waals surface area (Å²) in [4.78, 5) is 26.8. The van der Waals surface area contributed by atoms with E-state index < -0.39 is 0 Å². The zero-order chi connectivity index (χ0) is 22.9. The Kier molecular flexibility index (Phi) is 5.34. The highest BCUT2D eigenvalue weighted by Crippen LogP contribution is 2.32. The lowest BCUT2D eigenvalue weighted by molar-refractivity contribution is 0.0600. The van der Waals surface area contributed by atoms with Crippen LogP contribution in [-0.4, -0.2) is 40.1 Å². The largest absolute Gasteiger partial charge is 0.508 e. The van der Waals surface area contributed by atoms with Crippen LogP contribution in [0, 0.1) is 0 Å². The summed E-state index contributed by atoms with van der Waals surface area (Å²) in [5.41, 5.74) is 5.70. The van der Waals surface area contributed by atoms with Crippen LogP contribution in [0.4, 0.5) is 0 Å². The van der Waals surface area contributed by atoms with Crippen LogP contribution in [0.15, 0.2) is 72.8 Å². The summed E-state index contributed by atoms with van der Waals surface area (Å²) in [7, 11) is 1.37. The number of rotatable bonds is 4. The van der Waals surface area contributed by atoms with Gasteiger partial charge in [-0.05, 0) is 60.0 Å². The molecule has 1 aliphatic heterocycles. The average Bonchev–Trinajstić information content (AvgIpc) is 3.17. The lowest BCUT2D eigenvalue weighted by Crippen LogP contribution is -2.36. The lowest BCUT2D eigenvalue weighted by Gasteiger charge is -2.29. The van der Waals surface area contributed by atoms with Gasteiger partial charge in [0.05, 0.1) is 19.2 Å². The van der Waals surface area contributed by atoms with Crippen molar-refractivity contribution in [1.29, 1.82) is 0 Å². The fraction of sp³-hybridized carbons (Fsp3) is 0.185. The zero-order valence-electron chi connectivity index (χ0n) is 18.3. The first-order chi connectivity index (χ1) is 16.0. The Bertz CT molecular complexity index is 1340. The van der Waals surface area contributed by atoms with Crippen molar-refractivity contribution >= 4 is 22.8 Å². The van der Waals surface area contributed by atoms with Crippen molar-refractivity contribution in [3.05, 3.63) is 101 Å². The van der Waals surface area contributed by atoms with Crippen molar-refractivity contribution in [2.75, 3.05) is 13.7 Å². The molecular weight excluding hydrogens is 416 g/mol. The molecule has 6 heteroatoms. The maximum Gasteiger partial charge on any atom is 0.337 e. The Hall–Kier alpha value is -4.06. The van der Waals surface area contributed by atoms with E-state index in [1.54, 1.807) is 24.3 Å². The topological polar surface area (TPSA) is 71.8 Å². The van der Waals surface area contributed by atoms with Gasteiger partial charge in [-0.15, -0.1) is 0 Å². The van der Waals surface area contributed by atoms with Gasteiger partial charge in [0, 0.05) is 35.2 Å². The maximum absolute atomic E-state index is 13.1. The van der Waals surface area contributed by atoms with Crippen LogP contribution in [-0.2, 0) is 24.2 Å². The second-order valence-corrected chi connectivity index (χ2v) is 8.24. The van der Waals surface area contributed by atoms with Crippen LogP contribution < -0.4 is 0 Å². The molecule has 33 heavy (non-hydrogen) atoms. The molecule has 166 valence electrons. The minimum Gasteiger partial charge on any atom is -0.508 e. The minimum absolute atomic E-state index is 0.0418. The SMILES string of the molecule is COC(=O)c1ccc(Cn2c3c(c4ccccc42)CCN(C(=O)c2ccc(O)cc2)C3)cc1. The predicted octanol–water partition coefficient (Wildman–Crippen LogP) is 4.38. The standard InChI is InChI=1S/C27H24N2O4/c1-33-27(32)20-8-6-18(7-9-20)16-29-24-5-3-2-4-22(24)23-14-15-28(17-25(23)29)26(31)19-10-12-21(30)13-11-19/h2-13,30H,14-17H2,1H3. The van der Waals surface area contributed by atoms with E-state index in [0.717, 1.165) is 23.2 Å². The Morgan fingerprint density at radius 2 is 1.64 bits per heavy atom. The number of fused-ring (bicyclic) bond motifs is 3. The number of nitrogens with zero attached hydrogens (tertiary/aromatic N) is 2. The van der Waals surface area contributed by atoms with Crippen LogP contribution >= 0.6 is 0 Å². The third-order valence-corrected chi connectivity index (χ3v) is 6.28. The predicted molar refractivity (Wildman–Crippen MR) is 125 cm³/mol. The van der Waals surface area contributed by atoms with Gasteiger partial charge in [0.2, 0.25) is 0 Å². The third-order valence-electron chi connectivity index (χ3n) is 6.28. The summed E-state index contributed by atoms with van der Waals surface area (Å²) < 4.78 is 7.07. The fourth-order valence-electron chi connectivity index (χ4n) is 4.58. The summed E-state index contributed by atoms with van der Waals surface area (Å²) in [6, 6.07) is 22.2. The number of amides is 1. The molecule has 1 aliphatic rings. The van der Waals surface area contributed by atoms with Crippen molar-refractivity contribution in [3.8, 4) is 5.75 Å². The number of methoxy groups -OCH3 is 1. The molecule has 4 aromatic rings. The van der Waals surface area contributed by atoms with E-state index in [4.69, 9.17) is 4.74 Å². The molecule has 0 aliphatic carbocycles. The van der Waals surface area contributed by atoms with E-state index in [0.29, 0.717) is 30.8 Å². The number of aromatic nitrogens is 1. The summed E-state index contributed by atoms with van der Waals surface area (Å²) in [6.45, 7) is 1.80. The van der Waals surface area contributed by atoms with Crippen LogP contribution in [0.25, 0.3) is 10.9 Å². The van der Waals surface area contributed by atoms with E-state index in [9.17, 15) is 14.7 Å². The smallest absolute Gasteiger partial charge is 0.337 e. The van der Waals surface area contributed by atoms with Gasteiger partial charge in [0.15, 0.2) is 0 Å². The van der Waals surface area contributed by atoms with Crippen molar-refractivity contribution < 1.29 is 19.4 Å². The van der Waals surface area contributed by atoms with Gasteiger partial charge in [-0.2, -0.15) is 0 Å². The molecule has 1 aromatic heterocycles. The molecule has 0 saturated heterocycles. The monoisotopic (exact) mass is 440 g/mol. The molecule has 2 heterocycles. The second kappa shape index (κ2) is 8.47. The van der Waals surface area contributed by atoms with Crippen molar-refractivity contribution in [2.24, 2.45) is 0 Å². The molecule has 5 rings (SSSR count). The van der Waals surface area contributed by atoms with Gasteiger partial charge in [0.25, 0.3) is 5.91 Å². The Morgan fingerprint density at radius 3 is 2.36 bits per heavy atom. The lowest BCUT2D eigenvalue weighted by atomic mass is 10.0. The number of aromatic hydroxyl groups is 1. The van der Waals surface area contributed by atoms with Crippen LogP contribution in [0.2, 0.25) is 0 Å². The molecule has 1 amide bonds. The Labute approximate surface area is 191 Å². The number of para-hydroxylation sites is 1. The van der Waals surface area contributed by atoms with E-state index in [2.05, 4.69) is 16.7 Å². The highest BCUT2D eigenvalue weighted by molar-refractivity contribution is 5.95. The van der Waals surface area contributed by atoms with E-state index >= 15 is 0 Å². The third kappa shape index (κ3) is 3.84. The Balaban J connectivity index is 1.49. The number of hydrogen-bond acceptors (Lipinski definition) is 4. The first-order valence-electron chi connectivity index (χ1n) is 10.9. The molecule has 0 fully saturated rings. The number of phenols is 1. The molecule has 0 radical (unpaired) electrons. The number of ether oxygens (including phenoxy) is 1.